The van der Waals surface area contributed by atoms with E-state index in [9.17, 15) is 14.4 Å². The fourth-order valence-corrected chi connectivity index (χ4v) is 3.05. The third-order valence-corrected chi connectivity index (χ3v) is 4.51. The Kier molecular flexibility index (Phi) is 7.21. The van der Waals surface area contributed by atoms with E-state index in [1.807, 2.05) is 0 Å². The Morgan fingerprint density at radius 3 is 2.76 bits per heavy atom. The maximum atomic E-state index is 12.7. The molecule has 9 heteroatoms. The molecule has 2 aromatic rings. The molecule has 0 spiro atoms. The molecule has 9 nitrogen and oxygen atoms in total. The molecular formula is C20H25N5O4. The van der Waals surface area contributed by atoms with Gasteiger partial charge in [0.05, 0.1) is 6.54 Å². The fraction of sp³-hybridized carbons (Fsp3) is 0.400. The van der Waals surface area contributed by atoms with E-state index >= 15 is 0 Å². The van der Waals surface area contributed by atoms with Crippen molar-refractivity contribution in [2.45, 2.75) is 19.3 Å². The highest BCUT2D eigenvalue weighted by Crippen LogP contribution is 2.15. The third kappa shape index (κ3) is 5.81. The SMILES string of the molecule is O=C1CCCN(C(=O)c2ccc[nH]2)CCCNC(=O)c2ncccc2OCCN1. The number of carbonyl (C=O) groups is 3. The van der Waals surface area contributed by atoms with Gasteiger partial charge in [-0.1, -0.05) is 0 Å². The molecule has 2 aromatic heterocycles. The van der Waals surface area contributed by atoms with Crippen molar-refractivity contribution in [1.82, 2.24) is 25.5 Å². The van der Waals surface area contributed by atoms with E-state index in [2.05, 4.69) is 20.6 Å². The van der Waals surface area contributed by atoms with Crippen LogP contribution in [0.2, 0.25) is 0 Å². The topological polar surface area (TPSA) is 116 Å². The van der Waals surface area contributed by atoms with Crippen molar-refractivity contribution >= 4 is 17.7 Å². The number of hydrogen-bond donors (Lipinski definition) is 3. The van der Waals surface area contributed by atoms with Crippen LogP contribution in [-0.2, 0) is 4.79 Å². The first-order valence-electron chi connectivity index (χ1n) is 9.70. The van der Waals surface area contributed by atoms with Gasteiger partial charge >= 0.3 is 0 Å². The lowest BCUT2D eigenvalue weighted by Gasteiger charge is -2.22. The molecule has 0 aromatic carbocycles. The van der Waals surface area contributed by atoms with E-state index in [4.69, 9.17) is 4.74 Å². The van der Waals surface area contributed by atoms with Gasteiger partial charge in [-0.25, -0.2) is 4.98 Å². The van der Waals surface area contributed by atoms with E-state index in [1.165, 1.54) is 6.20 Å². The molecule has 0 unspecified atom stereocenters. The van der Waals surface area contributed by atoms with Crippen LogP contribution in [0.3, 0.4) is 0 Å². The quantitative estimate of drug-likeness (QED) is 0.660. The second kappa shape index (κ2) is 10.3. The minimum absolute atomic E-state index is 0.0999. The monoisotopic (exact) mass is 399 g/mol. The average Bonchev–Trinajstić information content (AvgIpc) is 3.27. The van der Waals surface area contributed by atoms with Crippen molar-refractivity contribution < 1.29 is 19.1 Å². The van der Waals surface area contributed by atoms with Crippen molar-refractivity contribution in [3.8, 4) is 5.75 Å². The summed E-state index contributed by atoms with van der Waals surface area (Å²) in [5, 5.41) is 5.61. The summed E-state index contributed by atoms with van der Waals surface area (Å²) < 4.78 is 5.60. The van der Waals surface area contributed by atoms with Gasteiger partial charge in [-0.05, 0) is 37.1 Å². The number of aromatic nitrogens is 2. The molecular weight excluding hydrogens is 374 g/mol. The van der Waals surface area contributed by atoms with Gasteiger partial charge in [-0.15, -0.1) is 0 Å². The molecule has 154 valence electrons. The van der Waals surface area contributed by atoms with Crippen molar-refractivity contribution in [3.05, 3.63) is 48.0 Å². The summed E-state index contributed by atoms with van der Waals surface area (Å²) in [4.78, 5) is 45.9. The highest BCUT2D eigenvalue weighted by Gasteiger charge is 2.18. The molecule has 3 heterocycles. The smallest absolute Gasteiger partial charge is 0.273 e. The van der Waals surface area contributed by atoms with Crippen LogP contribution < -0.4 is 15.4 Å². The number of fused-ring (bicyclic) bond motifs is 1. The molecule has 1 aliphatic rings. The van der Waals surface area contributed by atoms with Crippen LogP contribution >= 0.6 is 0 Å². The van der Waals surface area contributed by atoms with E-state index in [0.717, 1.165) is 0 Å². The van der Waals surface area contributed by atoms with E-state index in [0.29, 0.717) is 56.9 Å². The van der Waals surface area contributed by atoms with Gasteiger partial charge in [0.1, 0.15) is 12.3 Å². The van der Waals surface area contributed by atoms with Crippen molar-refractivity contribution in [2.24, 2.45) is 0 Å². The molecule has 3 N–H and O–H groups in total. The molecule has 0 saturated heterocycles. The van der Waals surface area contributed by atoms with Crippen molar-refractivity contribution in [2.75, 3.05) is 32.8 Å². The van der Waals surface area contributed by atoms with Crippen LogP contribution in [-0.4, -0.2) is 65.4 Å². The van der Waals surface area contributed by atoms with Gasteiger partial charge in [0.25, 0.3) is 11.8 Å². The molecule has 0 atom stereocenters. The van der Waals surface area contributed by atoms with Crippen LogP contribution in [0.4, 0.5) is 0 Å². The summed E-state index contributed by atoms with van der Waals surface area (Å²) in [7, 11) is 0. The molecule has 0 aliphatic carbocycles. The number of amides is 3. The number of nitrogens with one attached hydrogen (secondary N) is 3. The zero-order valence-electron chi connectivity index (χ0n) is 16.1. The Labute approximate surface area is 168 Å². The van der Waals surface area contributed by atoms with Crippen molar-refractivity contribution in [1.29, 1.82) is 0 Å². The molecule has 0 radical (unpaired) electrons. The Morgan fingerprint density at radius 2 is 1.93 bits per heavy atom. The first kappa shape index (κ1) is 20.4. The van der Waals surface area contributed by atoms with Crippen LogP contribution in [0.5, 0.6) is 5.75 Å². The predicted octanol–water partition coefficient (Wildman–Crippen LogP) is 0.961. The minimum Gasteiger partial charge on any atom is -0.489 e. The van der Waals surface area contributed by atoms with Crippen LogP contribution in [0, 0.1) is 0 Å². The zero-order valence-corrected chi connectivity index (χ0v) is 16.1. The number of hydrogen-bond acceptors (Lipinski definition) is 5. The summed E-state index contributed by atoms with van der Waals surface area (Å²) in [5.41, 5.74) is 0.702. The Hall–Kier alpha value is -3.36. The number of aromatic amines is 1. The highest BCUT2D eigenvalue weighted by atomic mass is 16.5. The Bertz CT molecular complexity index is 837. The van der Waals surface area contributed by atoms with Crippen molar-refractivity contribution in [3.63, 3.8) is 0 Å². The summed E-state index contributed by atoms with van der Waals surface area (Å²) >= 11 is 0. The van der Waals surface area contributed by atoms with Gasteiger partial charge in [-0.3, -0.25) is 14.4 Å². The molecule has 3 amide bonds. The van der Waals surface area contributed by atoms with E-state index in [1.54, 1.807) is 35.4 Å². The van der Waals surface area contributed by atoms with E-state index in [-0.39, 0.29) is 30.0 Å². The van der Waals surface area contributed by atoms with Crippen LogP contribution in [0.15, 0.2) is 36.7 Å². The van der Waals surface area contributed by atoms with Crippen LogP contribution in [0.25, 0.3) is 0 Å². The lowest BCUT2D eigenvalue weighted by molar-refractivity contribution is -0.121. The third-order valence-electron chi connectivity index (χ3n) is 4.51. The zero-order chi connectivity index (χ0) is 20.5. The normalized spacial score (nSPS) is 16.9. The first-order valence-corrected chi connectivity index (χ1v) is 9.70. The van der Waals surface area contributed by atoms with Gasteiger partial charge < -0.3 is 25.3 Å². The summed E-state index contributed by atoms with van der Waals surface area (Å²) in [6, 6.07) is 6.85. The molecule has 3 rings (SSSR count). The van der Waals surface area contributed by atoms with Gasteiger partial charge in [0, 0.05) is 38.4 Å². The Morgan fingerprint density at radius 1 is 1.07 bits per heavy atom. The predicted molar refractivity (Wildman–Crippen MR) is 106 cm³/mol. The number of carbonyl (C=O) groups excluding carboxylic acids is 3. The maximum absolute atomic E-state index is 12.7. The first-order chi connectivity index (χ1) is 14.1. The van der Waals surface area contributed by atoms with E-state index < -0.39 is 0 Å². The number of ether oxygens (including phenoxy) is 1. The molecule has 1 aliphatic heterocycles. The summed E-state index contributed by atoms with van der Waals surface area (Å²) in [5.74, 6) is -0.186. The molecule has 29 heavy (non-hydrogen) atoms. The second-order valence-electron chi connectivity index (χ2n) is 6.64. The van der Waals surface area contributed by atoms with Gasteiger partial charge in [0.2, 0.25) is 5.91 Å². The number of nitrogens with zero attached hydrogens (tertiary/aromatic N) is 2. The summed E-state index contributed by atoms with van der Waals surface area (Å²) in [6.07, 6.45) is 4.68. The summed E-state index contributed by atoms with van der Waals surface area (Å²) in [6.45, 7) is 1.87. The number of H-pyrrole nitrogens is 1. The second-order valence-corrected chi connectivity index (χ2v) is 6.64. The number of rotatable bonds is 1. The number of pyridine rings is 1. The Balaban J connectivity index is 1.68. The lowest BCUT2D eigenvalue weighted by atomic mass is 10.2. The minimum atomic E-state index is -0.334. The molecule has 0 bridgehead atoms. The standard InChI is InChI=1S/C20H25N5O4/c26-17-7-3-12-25(20(28)15-5-1-8-21-15)13-4-10-24-19(27)18-16(6-2-9-23-18)29-14-11-22-17/h1-2,5-6,8-9,21H,3-4,7,10-14H2,(H,22,26)(H,24,27). The van der Waals surface area contributed by atoms with Crippen LogP contribution in [0.1, 0.15) is 40.2 Å². The maximum Gasteiger partial charge on any atom is 0.273 e. The molecule has 0 saturated carbocycles. The fourth-order valence-electron chi connectivity index (χ4n) is 3.05. The van der Waals surface area contributed by atoms with Gasteiger partial charge in [-0.2, -0.15) is 0 Å². The largest absolute Gasteiger partial charge is 0.489 e. The average molecular weight is 399 g/mol. The molecule has 0 fully saturated rings. The van der Waals surface area contributed by atoms with Gasteiger partial charge in [0.15, 0.2) is 11.4 Å². The lowest BCUT2D eigenvalue weighted by Crippen LogP contribution is -2.36. The highest BCUT2D eigenvalue weighted by molar-refractivity contribution is 5.95.